The van der Waals surface area contributed by atoms with E-state index >= 15 is 0 Å². The number of carbonyl (C=O) groups is 2. The van der Waals surface area contributed by atoms with Gasteiger partial charge in [-0.25, -0.2) is 0 Å². The zero-order valence-electron chi connectivity index (χ0n) is 15.2. The number of imide groups is 1. The monoisotopic (exact) mass is 358 g/mol. The molecule has 2 fully saturated rings. The van der Waals surface area contributed by atoms with Gasteiger partial charge in [-0.3, -0.25) is 19.4 Å². The second-order valence-electron chi connectivity index (χ2n) is 7.80. The Kier molecular flexibility index (Phi) is 5.35. The van der Waals surface area contributed by atoms with Gasteiger partial charge in [-0.2, -0.15) is 0 Å². The lowest BCUT2D eigenvalue weighted by Crippen LogP contribution is -2.42. The molecule has 0 bridgehead atoms. The topological polar surface area (TPSA) is 40.6 Å². The number of rotatable bonds is 3. The summed E-state index contributed by atoms with van der Waals surface area (Å²) in [5.41, 5.74) is 2.31. The van der Waals surface area contributed by atoms with Crippen LogP contribution in [0.3, 0.4) is 0 Å². The minimum Gasteiger partial charge on any atom is -0.286 e. The van der Waals surface area contributed by atoms with E-state index in [4.69, 9.17) is 0 Å². The molecule has 2 heterocycles. The summed E-state index contributed by atoms with van der Waals surface area (Å²) in [6.07, 6.45) is 5.36. The molecule has 1 aromatic carbocycles. The minimum atomic E-state index is -0.166. The highest BCUT2D eigenvalue weighted by atomic mass is 32.2. The van der Waals surface area contributed by atoms with Crippen LogP contribution in [0.1, 0.15) is 51.2 Å². The standard InChI is InChI=1S/C20H26N2O2S/c1-20(2,3)16-9-7-15(8-10-16)13-17-18(23)22(19(24)25-17)14-21-11-5-4-6-12-21/h7-10,13H,4-6,11-12,14H2,1-3H3/b17-13-. The molecule has 0 aromatic heterocycles. The van der Waals surface area contributed by atoms with Crippen LogP contribution in [-0.4, -0.2) is 40.7 Å². The van der Waals surface area contributed by atoms with E-state index in [2.05, 4.69) is 37.8 Å². The third kappa shape index (κ3) is 4.33. The highest BCUT2D eigenvalue weighted by Gasteiger charge is 2.36. The largest absolute Gasteiger partial charge is 0.294 e. The van der Waals surface area contributed by atoms with E-state index < -0.39 is 0 Å². The maximum atomic E-state index is 12.6. The number of nitrogens with zero attached hydrogens (tertiary/aromatic N) is 2. The summed E-state index contributed by atoms with van der Waals surface area (Å²) in [6, 6.07) is 8.20. The summed E-state index contributed by atoms with van der Waals surface area (Å²) < 4.78 is 0. The second kappa shape index (κ2) is 7.34. The minimum absolute atomic E-state index is 0.102. The maximum Gasteiger partial charge on any atom is 0.294 e. The first-order valence-electron chi connectivity index (χ1n) is 8.93. The summed E-state index contributed by atoms with van der Waals surface area (Å²) in [5, 5.41) is -0.159. The number of hydrogen-bond donors (Lipinski definition) is 0. The molecule has 3 rings (SSSR count). The van der Waals surface area contributed by atoms with Crippen LogP contribution in [0, 0.1) is 0 Å². The van der Waals surface area contributed by atoms with Gasteiger partial charge < -0.3 is 0 Å². The van der Waals surface area contributed by atoms with Crippen molar-refractivity contribution in [1.29, 1.82) is 0 Å². The molecule has 0 saturated carbocycles. The van der Waals surface area contributed by atoms with Crippen LogP contribution < -0.4 is 0 Å². The fraction of sp³-hybridized carbons (Fsp3) is 0.500. The van der Waals surface area contributed by atoms with Crippen molar-refractivity contribution in [1.82, 2.24) is 9.80 Å². The van der Waals surface area contributed by atoms with Crippen LogP contribution in [0.5, 0.6) is 0 Å². The van der Waals surface area contributed by atoms with Crippen molar-refractivity contribution in [3.05, 3.63) is 40.3 Å². The van der Waals surface area contributed by atoms with E-state index in [1.165, 1.54) is 16.9 Å². The Labute approximate surface area is 154 Å². The molecule has 0 N–H and O–H groups in total. The van der Waals surface area contributed by atoms with Gasteiger partial charge >= 0.3 is 0 Å². The Morgan fingerprint density at radius 1 is 1.04 bits per heavy atom. The highest BCUT2D eigenvalue weighted by Crippen LogP contribution is 2.33. The van der Waals surface area contributed by atoms with Crippen molar-refractivity contribution in [2.75, 3.05) is 19.8 Å². The summed E-state index contributed by atoms with van der Waals surface area (Å²) in [4.78, 5) is 28.9. The molecular formula is C20H26N2O2S. The molecular weight excluding hydrogens is 332 g/mol. The van der Waals surface area contributed by atoms with Gasteiger partial charge in [0.05, 0.1) is 11.6 Å². The molecule has 0 spiro atoms. The van der Waals surface area contributed by atoms with Crippen molar-refractivity contribution in [3.63, 3.8) is 0 Å². The summed E-state index contributed by atoms with van der Waals surface area (Å²) in [5.74, 6) is -0.166. The molecule has 1 aromatic rings. The maximum absolute atomic E-state index is 12.6. The van der Waals surface area contributed by atoms with Gasteiger partial charge in [-0.15, -0.1) is 0 Å². The molecule has 0 radical (unpaired) electrons. The zero-order valence-corrected chi connectivity index (χ0v) is 16.1. The van der Waals surface area contributed by atoms with Crippen LogP contribution in [0.15, 0.2) is 29.2 Å². The van der Waals surface area contributed by atoms with Gasteiger partial charge in [-0.1, -0.05) is 51.5 Å². The molecule has 4 nitrogen and oxygen atoms in total. The lowest BCUT2D eigenvalue weighted by Gasteiger charge is -2.29. The van der Waals surface area contributed by atoms with Crippen molar-refractivity contribution >= 4 is 29.0 Å². The molecule has 2 aliphatic rings. The van der Waals surface area contributed by atoms with Crippen molar-refractivity contribution in [3.8, 4) is 0 Å². The summed E-state index contributed by atoms with van der Waals surface area (Å²) >= 11 is 1.05. The van der Waals surface area contributed by atoms with Crippen LogP contribution in [0.25, 0.3) is 6.08 Å². The van der Waals surface area contributed by atoms with Gasteiger partial charge in [0.1, 0.15) is 0 Å². The molecule has 25 heavy (non-hydrogen) atoms. The molecule has 2 saturated heterocycles. The lowest BCUT2D eigenvalue weighted by atomic mass is 9.87. The lowest BCUT2D eigenvalue weighted by molar-refractivity contribution is -0.124. The van der Waals surface area contributed by atoms with Crippen molar-refractivity contribution in [2.45, 2.75) is 45.4 Å². The summed E-state index contributed by atoms with van der Waals surface area (Å²) in [6.45, 7) is 8.88. The normalized spacial score (nSPS) is 21.4. The molecule has 0 aliphatic carbocycles. The van der Waals surface area contributed by atoms with Gasteiger partial charge in [0, 0.05) is 0 Å². The number of piperidine rings is 1. The quantitative estimate of drug-likeness (QED) is 0.748. The number of thioether (sulfide) groups is 1. The molecule has 2 aliphatic heterocycles. The van der Waals surface area contributed by atoms with Crippen LogP contribution in [-0.2, 0) is 10.2 Å². The number of hydrogen-bond acceptors (Lipinski definition) is 4. The smallest absolute Gasteiger partial charge is 0.286 e. The van der Waals surface area contributed by atoms with Gasteiger partial charge in [0.15, 0.2) is 0 Å². The van der Waals surface area contributed by atoms with Gasteiger partial charge in [-0.05, 0) is 60.3 Å². The highest BCUT2D eigenvalue weighted by molar-refractivity contribution is 8.18. The molecule has 2 amide bonds. The van der Waals surface area contributed by atoms with E-state index in [9.17, 15) is 9.59 Å². The second-order valence-corrected chi connectivity index (χ2v) is 8.80. The molecule has 134 valence electrons. The number of carbonyl (C=O) groups excluding carboxylic acids is 2. The molecule has 0 atom stereocenters. The Bertz CT molecular complexity index is 683. The average molecular weight is 359 g/mol. The van der Waals surface area contributed by atoms with E-state index in [-0.39, 0.29) is 16.6 Å². The van der Waals surface area contributed by atoms with Crippen LogP contribution in [0.2, 0.25) is 0 Å². The van der Waals surface area contributed by atoms with Crippen molar-refractivity contribution in [2.24, 2.45) is 0 Å². The van der Waals surface area contributed by atoms with Crippen LogP contribution >= 0.6 is 11.8 Å². The Morgan fingerprint density at radius 2 is 1.68 bits per heavy atom. The molecule has 0 unspecified atom stereocenters. The Morgan fingerprint density at radius 3 is 2.28 bits per heavy atom. The first-order chi connectivity index (χ1) is 11.8. The number of benzene rings is 1. The molecule has 5 heteroatoms. The van der Waals surface area contributed by atoms with E-state index in [0.717, 1.165) is 43.3 Å². The van der Waals surface area contributed by atoms with E-state index in [0.29, 0.717) is 11.6 Å². The SMILES string of the molecule is CC(C)(C)c1ccc(/C=C2\SC(=O)N(CN3CCCCC3)C2=O)cc1. The van der Waals surface area contributed by atoms with Crippen molar-refractivity contribution < 1.29 is 9.59 Å². The van der Waals surface area contributed by atoms with E-state index in [1.54, 1.807) is 0 Å². The first-order valence-corrected chi connectivity index (χ1v) is 9.74. The third-order valence-corrected chi connectivity index (χ3v) is 5.65. The predicted octanol–water partition coefficient (Wildman–Crippen LogP) is 4.46. The number of likely N-dealkylation sites (tertiary alicyclic amines) is 1. The first kappa shape index (κ1) is 18.2. The Balaban J connectivity index is 1.71. The van der Waals surface area contributed by atoms with Gasteiger partial charge in [0.25, 0.3) is 11.1 Å². The average Bonchev–Trinajstić information content (AvgIpc) is 2.83. The zero-order chi connectivity index (χ0) is 18.0. The van der Waals surface area contributed by atoms with Gasteiger partial charge in [0.2, 0.25) is 0 Å². The fourth-order valence-corrected chi connectivity index (χ4v) is 3.98. The van der Waals surface area contributed by atoms with Crippen LogP contribution in [0.4, 0.5) is 4.79 Å². The number of amides is 2. The Hall–Kier alpha value is -1.59. The predicted molar refractivity (Wildman–Crippen MR) is 103 cm³/mol. The fourth-order valence-electron chi connectivity index (χ4n) is 3.15. The summed E-state index contributed by atoms with van der Waals surface area (Å²) in [7, 11) is 0. The third-order valence-electron chi connectivity index (χ3n) is 4.74. The van der Waals surface area contributed by atoms with E-state index in [1.807, 2.05) is 18.2 Å².